The number of ether oxygens (including phenoxy) is 1. The van der Waals surface area contributed by atoms with Gasteiger partial charge in [-0.25, -0.2) is 17.4 Å². The number of carbonyl (C=O) groups excluding carboxylic acids is 2. The van der Waals surface area contributed by atoms with Gasteiger partial charge in [0.15, 0.2) is 0 Å². The van der Waals surface area contributed by atoms with E-state index in [-0.39, 0.29) is 29.2 Å². The number of rotatable bonds is 6. The summed E-state index contributed by atoms with van der Waals surface area (Å²) >= 11 is 0. The van der Waals surface area contributed by atoms with Gasteiger partial charge in [0.2, 0.25) is 21.9 Å². The molecule has 0 saturated heterocycles. The Hall–Kier alpha value is -3.20. The number of carbonyl (C=O) groups is 2. The van der Waals surface area contributed by atoms with Crippen LogP contribution in [0.5, 0.6) is 5.75 Å². The van der Waals surface area contributed by atoms with Crippen LogP contribution < -0.4 is 10.1 Å². The average Bonchev–Trinajstić information content (AvgIpc) is 2.99. The highest BCUT2D eigenvalue weighted by Crippen LogP contribution is 2.27. The maximum atomic E-state index is 12.8. The Balaban J connectivity index is 1.95. The van der Waals surface area contributed by atoms with Crippen molar-refractivity contribution < 1.29 is 22.7 Å². The van der Waals surface area contributed by atoms with Gasteiger partial charge in [0.05, 0.1) is 22.7 Å². The van der Waals surface area contributed by atoms with Gasteiger partial charge in [0, 0.05) is 13.0 Å². The second-order valence-electron chi connectivity index (χ2n) is 6.76. The van der Waals surface area contributed by atoms with Gasteiger partial charge in [0.1, 0.15) is 5.75 Å². The molecule has 0 fully saturated rings. The van der Waals surface area contributed by atoms with E-state index in [0.29, 0.717) is 0 Å². The fourth-order valence-corrected chi connectivity index (χ4v) is 3.91. The van der Waals surface area contributed by atoms with Crippen LogP contribution in [0, 0.1) is 0 Å². The topological polar surface area (TPSA) is 107 Å². The summed E-state index contributed by atoms with van der Waals surface area (Å²) in [5, 5.41) is 1.72. The van der Waals surface area contributed by atoms with Crippen LogP contribution in [0.15, 0.2) is 48.5 Å². The Kier molecular flexibility index (Phi) is 5.69. The molecule has 0 atom stereocenters. The molecule has 3 rings (SSSR count). The van der Waals surface area contributed by atoms with E-state index in [4.69, 9.17) is 4.74 Å². The van der Waals surface area contributed by atoms with Gasteiger partial charge in [-0.15, -0.1) is 0 Å². The number of benzene rings is 2. The molecule has 3 aromatic rings. The highest BCUT2D eigenvalue weighted by Gasteiger charge is 2.26. The van der Waals surface area contributed by atoms with Crippen LogP contribution in [-0.2, 0) is 26.0 Å². The van der Waals surface area contributed by atoms with E-state index in [0.717, 1.165) is 9.54 Å². The van der Waals surface area contributed by atoms with E-state index in [2.05, 4.69) is 10.3 Å². The molecule has 0 aliphatic heterocycles. The summed E-state index contributed by atoms with van der Waals surface area (Å²) in [6.45, 7) is 4.35. The zero-order chi connectivity index (χ0) is 21.2. The molecular formula is C20H21N3O5S. The van der Waals surface area contributed by atoms with Gasteiger partial charge < -0.3 is 4.74 Å². The third-order valence-corrected chi connectivity index (χ3v) is 6.22. The molecule has 29 heavy (non-hydrogen) atoms. The molecule has 1 N–H and O–H groups in total. The van der Waals surface area contributed by atoms with Gasteiger partial charge in [-0.3, -0.25) is 14.9 Å². The van der Waals surface area contributed by atoms with Crippen molar-refractivity contribution >= 4 is 38.9 Å². The molecule has 0 saturated carbocycles. The lowest BCUT2D eigenvalue weighted by Gasteiger charge is -2.13. The Morgan fingerprint density at radius 3 is 2.45 bits per heavy atom. The first-order valence-electron chi connectivity index (χ1n) is 8.97. The van der Waals surface area contributed by atoms with Crippen LogP contribution in [-0.4, -0.2) is 34.5 Å². The number of anilines is 1. The van der Waals surface area contributed by atoms with Crippen molar-refractivity contribution in [1.82, 2.24) is 8.96 Å². The van der Waals surface area contributed by atoms with Crippen molar-refractivity contribution in [2.75, 3.05) is 5.32 Å². The zero-order valence-corrected chi connectivity index (χ0v) is 17.1. The number of fused-ring (bicyclic) bond motifs is 1. The van der Waals surface area contributed by atoms with Gasteiger partial charge >= 0.3 is 5.97 Å². The highest BCUT2D eigenvalue weighted by atomic mass is 32.2. The first-order valence-corrected chi connectivity index (χ1v) is 10.5. The number of aromatic nitrogens is 2. The second kappa shape index (κ2) is 8.04. The minimum absolute atomic E-state index is 0.103. The van der Waals surface area contributed by atoms with E-state index in [9.17, 15) is 18.0 Å². The molecule has 1 heterocycles. The summed E-state index contributed by atoms with van der Waals surface area (Å²) in [5.41, 5.74) is 1.38. The summed E-state index contributed by atoms with van der Waals surface area (Å²) in [7, 11) is -3.78. The minimum atomic E-state index is -3.78. The molecule has 1 amide bonds. The lowest BCUT2D eigenvalue weighted by atomic mass is 10.2. The molecule has 8 nitrogen and oxygen atoms in total. The van der Waals surface area contributed by atoms with Crippen molar-refractivity contribution in [2.45, 2.75) is 32.4 Å². The summed E-state index contributed by atoms with van der Waals surface area (Å²) in [4.78, 5) is 27.9. The number of nitrogens with zero attached hydrogens (tertiary/aromatic N) is 2. The summed E-state index contributed by atoms with van der Waals surface area (Å²) < 4.78 is 31.9. The monoisotopic (exact) mass is 415 g/mol. The van der Waals surface area contributed by atoms with Crippen LogP contribution in [0.4, 0.5) is 5.95 Å². The largest absolute Gasteiger partial charge is 0.426 e. The normalized spacial score (nSPS) is 11.6. The molecule has 2 aromatic carbocycles. The fourth-order valence-electron chi connectivity index (χ4n) is 2.74. The van der Waals surface area contributed by atoms with Crippen LogP contribution in [0.25, 0.3) is 11.0 Å². The van der Waals surface area contributed by atoms with E-state index >= 15 is 0 Å². The van der Waals surface area contributed by atoms with Crippen molar-refractivity contribution in [3.63, 3.8) is 0 Å². The summed E-state index contributed by atoms with van der Waals surface area (Å²) in [6, 6.07) is 13.6. The number of imidazole rings is 1. The molecular weight excluding hydrogens is 394 g/mol. The molecule has 0 radical (unpaired) electrons. The zero-order valence-electron chi connectivity index (χ0n) is 16.2. The van der Waals surface area contributed by atoms with Crippen LogP contribution in [0.1, 0.15) is 26.3 Å². The van der Waals surface area contributed by atoms with Gasteiger partial charge in [0.25, 0.3) is 0 Å². The van der Waals surface area contributed by atoms with Gasteiger partial charge in [-0.1, -0.05) is 30.3 Å². The second-order valence-corrected chi connectivity index (χ2v) is 9.10. The number of hydrogen-bond donors (Lipinski definition) is 1. The van der Waals surface area contributed by atoms with E-state index in [1.165, 1.54) is 25.1 Å². The standard InChI is InChI=1S/C20H21N3O5S/c1-13(2)29(26,27)23-18-10-9-16(12-17(18)22-20(23)21-14(3)24)28-19(25)11-15-7-5-4-6-8-15/h4-10,12-13H,11H2,1-3H3,(H,21,22,24). The van der Waals surface area contributed by atoms with Crippen LogP contribution in [0.2, 0.25) is 0 Å². The van der Waals surface area contributed by atoms with Crippen molar-refractivity contribution in [2.24, 2.45) is 0 Å². The van der Waals surface area contributed by atoms with E-state index in [1.54, 1.807) is 13.8 Å². The third kappa shape index (κ3) is 4.45. The van der Waals surface area contributed by atoms with Crippen molar-refractivity contribution in [3.05, 3.63) is 54.1 Å². The Morgan fingerprint density at radius 2 is 1.83 bits per heavy atom. The minimum Gasteiger partial charge on any atom is -0.426 e. The lowest BCUT2D eigenvalue weighted by Crippen LogP contribution is -2.25. The van der Waals surface area contributed by atoms with Gasteiger partial charge in [-0.2, -0.15) is 0 Å². The first-order chi connectivity index (χ1) is 13.7. The Bertz CT molecular complexity index is 1170. The van der Waals surface area contributed by atoms with Crippen LogP contribution in [0.3, 0.4) is 0 Å². The predicted molar refractivity (Wildman–Crippen MR) is 109 cm³/mol. The SMILES string of the molecule is CC(=O)Nc1nc2cc(OC(=O)Cc3ccccc3)ccc2n1S(=O)(=O)C(C)C. The number of nitrogens with one attached hydrogen (secondary N) is 1. The maximum Gasteiger partial charge on any atom is 0.315 e. The number of hydrogen-bond acceptors (Lipinski definition) is 6. The molecule has 0 bridgehead atoms. The van der Waals surface area contributed by atoms with Crippen molar-refractivity contribution in [3.8, 4) is 5.75 Å². The Morgan fingerprint density at radius 1 is 1.14 bits per heavy atom. The first kappa shape index (κ1) is 20.5. The summed E-state index contributed by atoms with van der Waals surface area (Å²) in [6.07, 6.45) is 0.103. The van der Waals surface area contributed by atoms with Crippen LogP contribution >= 0.6 is 0 Å². The average molecular weight is 415 g/mol. The molecule has 9 heteroatoms. The quantitative estimate of drug-likeness (QED) is 0.490. The highest BCUT2D eigenvalue weighted by molar-refractivity contribution is 7.90. The molecule has 0 aliphatic carbocycles. The van der Waals surface area contributed by atoms with Crippen molar-refractivity contribution in [1.29, 1.82) is 0 Å². The summed E-state index contributed by atoms with van der Waals surface area (Å²) in [5.74, 6) is -0.768. The molecule has 152 valence electrons. The van der Waals surface area contributed by atoms with E-state index < -0.39 is 27.1 Å². The number of amides is 1. The number of esters is 1. The molecule has 0 aliphatic rings. The predicted octanol–water partition coefficient (Wildman–Crippen LogP) is 2.73. The van der Waals surface area contributed by atoms with Gasteiger partial charge in [-0.05, 0) is 31.5 Å². The smallest absolute Gasteiger partial charge is 0.315 e. The van der Waals surface area contributed by atoms with E-state index in [1.807, 2.05) is 30.3 Å². The maximum absolute atomic E-state index is 12.8. The molecule has 1 aromatic heterocycles. The Labute approximate surface area is 168 Å². The lowest BCUT2D eigenvalue weighted by molar-refractivity contribution is -0.133. The third-order valence-electron chi connectivity index (χ3n) is 4.15. The fraction of sp³-hybridized carbons (Fsp3) is 0.250. The molecule has 0 unspecified atom stereocenters. The molecule has 0 spiro atoms.